The van der Waals surface area contributed by atoms with Gasteiger partial charge in [0.05, 0.1) is 11.6 Å². The van der Waals surface area contributed by atoms with Crippen LogP contribution < -0.4 is 9.80 Å². The van der Waals surface area contributed by atoms with Crippen LogP contribution in [-0.2, 0) is 11.0 Å². The summed E-state index contributed by atoms with van der Waals surface area (Å²) in [5.41, 5.74) is 2.54. The van der Waals surface area contributed by atoms with Crippen molar-refractivity contribution >= 4 is 35.2 Å². The summed E-state index contributed by atoms with van der Waals surface area (Å²) in [6.45, 7) is 5.54. The van der Waals surface area contributed by atoms with Crippen molar-refractivity contribution in [3.63, 3.8) is 0 Å². The number of pyridine rings is 1. The number of aliphatic imine (C=N–C) groups is 1. The normalized spacial score (nSPS) is 20.2. The number of halogens is 4. The summed E-state index contributed by atoms with van der Waals surface area (Å²) >= 11 is 6.11. The van der Waals surface area contributed by atoms with E-state index >= 15 is 0 Å². The summed E-state index contributed by atoms with van der Waals surface area (Å²) in [7, 11) is 1.64. The molecule has 1 aromatic heterocycles. The lowest BCUT2D eigenvalue weighted by Crippen LogP contribution is -2.47. The van der Waals surface area contributed by atoms with Gasteiger partial charge in [-0.3, -0.25) is 9.79 Å². The molecule has 0 saturated heterocycles. The summed E-state index contributed by atoms with van der Waals surface area (Å²) < 4.78 is 40.3. The molecule has 2 aliphatic rings. The van der Waals surface area contributed by atoms with Crippen LogP contribution in [0.5, 0.6) is 0 Å². The minimum Gasteiger partial charge on any atom is -0.336 e. The van der Waals surface area contributed by atoms with Gasteiger partial charge in [0.2, 0.25) is 0 Å². The summed E-state index contributed by atoms with van der Waals surface area (Å²) in [5, 5.41) is 0.586. The van der Waals surface area contributed by atoms with Gasteiger partial charge in [0, 0.05) is 41.8 Å². The Balaban J connectivity index is 1.76. The number of aryl methyl sites for hydroxylation is 2. The Bertz CT molecular complexity index is 1160. The molecule has 1 aromatic carbocycles. The van der Waals surface area contributed by atoms with Crippen LogP contribution in [0.1, 0.15) is 23.7 Å². The molecule has 0 saturated carbocycles. The van der Waals surface area contributed by atoms with Crippen molar-refractivity contribution in [1.82, 2.24) is 4.98 Å². The second-order valence-electron chi connectivity index (χ2n) is 8.15. The van der Waals surface area contributed by atoms with Crippen molar-refractivity contribution in [3.05, 3.63) is 63.3 Å². The second kappa shape index (κ2) is 7.92. The van der Waals surface area contributed by atoms with Gasteiger partial charge in [-0.05, 0) is 62.2 Å². The fourth-order valence-electron chi connectivity index (χ4n) is 4.11. The number of hydrogen-bond acceptors (Lipinski definition) is 4. The van der Waals surface area contributed by atoms with Gasteiger partial charge in [-0.15, -0.1) is 0 Å². The number of aromatic nitrogens is 1. The number of alkyl halides is 3. The average Bonchev–Trinajstić information content (AvgIpc) is 3.27. The largest absolute Gasteiger partial charge is 0.416 e. The summed E-state index contributed by atoms with van der Waals surface area (Å²) in [6, 6.07) is 6.29. The average molecular weight is 463 g/mol. The number of carbonyl (C=O) groups is 1. The van der Waals surface area contributed by atoms with Gasteiger partial charge in [0.15, 0.2) is 0 Å². The Labute approximate surface area is 189 Å². The van der Waals surface area contributed by atoms with E-state index in [1.807, 2.05) is 13.8 Å². The third-order valence-corrected chi connectivity index (χ3v) is 6.34. The molecule has 0 spiro atoms. The lowest BCUT2D eigenvalue weighted by molar-refractivity contribution is -0.137. The zero-order valence-corrected chi connectivity index (χ0v) is 18.8. The number of hydrogen-bond donors (Lipinski definition) is 0. The monoisotopic (exact) mass is 462 g/mol. The van der Waals surface area contributed by atoms with Crippen LogP contribution in [0, 0.1) is 13.8 Å². The first kappa shape index (κ1) is 22.3. The molecule has 1 amide bonds. The van der Waals surface area contributed by atoms with Crippen LogP contribution in [0.4, 0.5) is 24.7 Å². The van der Waals surface area contributed by atoms with Crippen molar-refractivity contribution in [3.8, 4) is 0 Å². The maximum atomic E-state index is 13.6. The quantitative estimate of drug-likeness (QED) is 0.645. The number of carbonyl (C=O) groups excluding carboxylic acids is 1. The van der Waals surface area contributed by atoms with Crippen molar-refractivity contribution < 1.29 is 18.0 Å². The first-order valence-corrected chi connectivity index (χ1v) is 10.5. The topological polar surface area (TPSA) is 48.8 Å². The van der Waals surface area contributed by atoms with Gasteiger partial charge in [-0.2, -0.15) is 13.2 Å². The first-order valence-electron chi connectivity index (χ1n) is 10.1. The Morgan fingerprint density at radius 2 is 1.94 bits per heavy atom. The fraction of sp³-hybridized carbons (Fsp3) is 0.348. The predicted molar refractivity (Wildman–Crippen MR) is 120 cm³/mol. The van der Waals surface area contributed by atoms with E-state index in [1.165, 1.54) is 11.8 Å². The number of amides is 1. The van der Waals surface area contributed by atoms with Crippen molar-refractivity contribution in [2.24, 2.45) is 4.99 Å². The lowest BCUT2D eigenvalue weighted by atomic mass is 10.0. The number of likely N-dealkylation sites (N-methyl/N-ethyl adjacent to an activating group) is 1. The van der Waals surface area contributed by atoms with E-state index in [0.29, 0.717) is 10.7 Å². The molecule has 4 rings (SSSR count). The Morgan fingerprint density at radius 3 is 2.59 bits per heavy atom. The van der Waals surface area contributed by atoms with Gasteiger partial charge in [-0.1, -0.05) is 11.6 Å². The van der Waals surface area contributed by atoms with Crippen molar-refractivity contribution in [2.45, 2.75) is 39.0 Å². The van der Waals surface area contributed by atoms with Gasteiger partial charge in [0.1, 0.15) is 11.9 Å². The van der Waals surface area contributed by atoms with E-state index in [9.17, 15) is 18.0 Å². The third kappa shape index (κ3) is 3.88. The fourth-order valence-corrected chi connectivity index (χ4v) is 4.23. The van der Waals surface area contributed by atoms with Crippen LogP contribution in [0.3, 0.4) is 0 Å². The zero-order chi connectivity index (χ0) is 23.4. The number of rotatable bonds is 3. The van der Waals surface area contributed by atoms with E-state index in [4.69, 9.17) is 11.6 Å². The molecule has 2 aliphatic heterocycles. The molecule has 5 nitrogen and oxygen atoms in total. The Hall–Kier alpha value is -2.87. The summed E-state index contributed by atoms with van der Waals surface area (Å²) in [5.74, 6) is -0.166. The zero-order valence-electron chi connectivity index (χ0n) is 18.0. The van der Waals surface area contributed by atoms with Crippen molar-refractivity contribution in [2.75, 3.05) is 23.4 Å². The molecule has 1 unspecified atom stereocenters. The van der Waals surface area contributed by atoms with Gasteiger partial charge in [0.25, 0.3) is 5.91 Å². The summed E-state index contributed by atoms with van der Waals surface area (Å²) in [6.07, 6.45) is -2.85. The SMILES string of the molecule is Cc1cc(C(F)(F)F)cc(N2CC3=C(C=N[C@H]3C)C2C(=O)N(C)c2ccc(Cl)c(C)c2)n1. The van der Waals surface area contributed by atoms with Gasteiger partial charge >= 0.3 is 6.18 Å². The van der Waals surface area contributed by atoms with E-state index in [1.54, 1.807) is 36.4 Å². The van der Waals surface area contributed by atoms with Crippen LogP contribution in [0.25, 0.3) is 0 Å². The smallest absolute Gasteiger partial charge is 0.336 e. The van der Waals surface area contributed by atoms with E-state index in [-0.39, 0.29) is 30.0 Å². The maximum Gasteiger partial charge on any atom is 0.416 e. The predicted octanol–water partition coefficient (Wildman–Crippen LogP) is 4.99. The molecule has 32 heavy (non-hydrogen) atoms. The minimum absolute atomic E-state index is 0.117. The lowest BCUT2D eigenvalue weighted by Gasteiger charge is -2.31. The summed E-state index contributed by atoms with van der Waals surface area (Å²) in [4.78, 5) is 25.5. The highest BCUT2D eigenvalue weighted by atomic mass is 35.5. The molecule has 3 heterocycles. The maximum absolute atomic E-state index is 13.6. The number of benzene rings is 1. The molecule has 0 aliphatic carbocycles. The minimum atomic E-state index is -4.51. The Morgan fingerprint density at radius 1 is 1.22 bits per heavy atom. The number of anilines is 2. The molecular weight excluding hydrogens is 441 g/mol. The van der Waals surface area contributed by atoms with E-state index in [0.717, 1.165) is 28.8 Å². The first-order chi connectivity index (χ1) is 15.0. The Kier molecular flexibility index (Phi) is 5.53. The van der Waals surface area contributed by atoms with Gasteiger partial charge in [-0.25, -0.2) is 4.98 Å². The van der Waals surface area contributed by atoms with E-state index in [2.05, 4.69) is 9.98 Å². The van der Waals surface area contributed by atoms with Crippen LogP contribution in [-0.4, -0.2) is 42.8 Å². The van der Waals surface area contributed by atoms with Crippen LogP contribution >= 0.6 is 11.6 Å². The highest BCUT2D eigenvalue weighted by Gasteiger charge is 2.43. The molecule has 9 heteroatoms. The van der Waals surface area contributed by atoms with Crippen LogP contribution in [0.15, 0.2) is 46.5 Å². The molecular formula is C23H22ClF3N4O. The second-order valence-corrected chi connectivity index (χ2v) is 8.56. The van der Waals surface area contributed by atoms with Crippen LogP contribution in [0.2, 0.25) is 5.02 Å². The molecule has 0 radical (unpaired) electrons. The molecule has 0 N–H and O–H groups in total. The molecule has 168 valence electrons. The number of nitrogens with zero attached hydrogens (tertiary/aromatic N) is 4. The third-order valence-electron chi connectivity index (χ3n) is 5.91. The van der Waals surface area contributed by atoms with Gasteiger partial charge < -0.3 is 9.80 Å². The highest BCUT2D eigenvalue weighted by molar-refractivity contribution is 6.31. The highest BCUT2D eigenvalue weighted by Crippen LogP contribution is 2.38. The molecule has 2 atom stereocenters. The molecule has 2 aromatic rings. The van der Waals surface area contributed by atoms with E-state index < -0.39 is 17.8 Å². The standard InChI is InChI=1S/C23H22ClF3N4O/c1-12-7-16(5-6-19(12)24)30(4)22(32)21-17-10-28-14(3)18(17)11-31(21)20-9-15(23(25,26)27)8-13(2)29-20/h5-10,14,21H,11H2,1-4H3/t14-,21?/m0/s1. The molecule has 0 bridgehead atoms. The molecule has 0 fully saturated rings. The van der Waals surface area contributed by atoms with Crippen molar-refractivity contribution in [1.29, 1.82) is 0 Å².